The van der Waals surface area contributed by atoms with Gasteiger partial charge in [-0.15, -0.1) is 5.75 Å². The predicted molar refractivity (Wildman–Crippen MR) is 36.7 cm³/mol. The van der Waals surface area contributed by atoms with Crippen LogP contribution < -0.4 is 34.7 Å². The van der Waals surface area contributed by atoms with E-state index in [9.17, 15) is 14.7 Å². The van der Waals surface area contributed by atoms with Gasteiger partial charge in [0.25, 0.3) is 0 Å². The minimum absolute atomic E-state index is 0. The molecule has 0 fully saturated rings. The van der Waals surface area contributed by atoms with Gasteiger partial charge in [0.15, 0.2) is 0 Å². The molecule has 3 nitrogen and oxygen atoms in total. The summed E-state index contributed by atoms with van der Waals surface area (Å²) in [5.41, 5.74) is 0.471. The molecule has 0 aliphatic rings. The van der Waals surface area contributed by atoms with Gasteiger partial charge in [-0.3, -0.25) is 9.59 Å². The Kier molecular flexibility index (Phi) is 4.81. The van der Waals surface area contributed by atoms with Crippen LogP contribution in [0.4, 0.5) is 0 Å². The van der Waals surface area contributed by atoms with Gasteiger partial charge in [-0.05, 0) is 6.07 Å². The molecular weight excluding hydrogens is 167 g/mol. The molecule has 12 heavy (non-hydrogen) atoms. The Morgan fingerprint density at radius 2 is 1.42 bits per heavy atom. The third-order valence-corrected chi connectivity index (χ3v) is 1.22. The zero-order valence-electron chi connectivity index (χ0n) is 6.61. The molecular formula is C8H5NaO3. The number of rotatable bonds is 2. The van der Waals surface area contributed by atoms with E-state index in [-0.39, 0.29) is 46.4 Å². The Hall–Kier alpha value is -0.640. The Morgan fingerprint density at radius 3 is 1.75 bits per heavy atom. The molecule has 0 aromatic heterocycles. The second-order valence-corrected chi connectivity index (χ2v) is 2.07. The Morgan fingerprint density at radius 1 is 1.00 bits per heavy atom. The summed E-state index contributed by atoms with van der Waals surface area (Å²) in [5, 5.41) is 10.7. The first-order valence-electron chi connectivity index (χ1n) is 2.98. The number of aldehydes is 2. The van der Waals surface area contributed by atoms with E-state index in [0.717, 1.165) is 0 Å². The van der Waals surface area contributed by atoms with Gasteiger partial charge in [-0.2, -0.15) is 0 Å². The minimum Gasteiger partial charge on any atom is -0.872 e. The van der Waals surface area contributed by atoms with Crippen molar-refractivity contribution in [2.24, 2.45) is 0 Å². The van der Waals surface area contributed by atoms with E-state index < -0.39 is 0 Å². The molecule has 0 unspecified atom stereocenters. The second-order valence-electron chi connectivity index (χ2n) is 2.07. The smallest absolute Gasteiger partial charge is 0.872 e. The van der Waals surface area contributed by atoms with Crippen molar-refractivity contribution in [1.29, 1.82) is 0 Å². The van der Waals surface area contributed by atoms with Crippen LogP contribution >= 0.6 is 0 Å². The van der Waals surface area contributed by atoms with Crippen LogP contribution in [0.15, 0.2) is 18.2 Å². The normalized spacial score (nSPS) is 8.33. The van der Waals surface area contributed by atoms with Crippen molar-refractivity contribution in [3.8, 4) is 5.75 Å². The maximum absolute atomic E-state index is 10.7. The average Bonchev–Trinajstić information content (AvgIpc) is 2.03. The van der Waals surface area contributed by atoms with E-state index in [1.807, 2.05) is 0 Å². The van der Waals surface area contributed by atoms with Gasteiger partial charge in [-0.1, -0.05) is 12.1 Å². The van der Waals surface area contributed by atoms with Gasteiger partial charge in [0.1, 0.15) is 12.6 Å². The molecule has 0 N–H and O–H groups in total. The van der Waals surface area contributed by atoms with Crippen molar-refractivity contribution in [1.82, 2.24) is 0 Å². The zero-order chi connectivity index (χ0) is 8.27. The van der Waals surface area contributed by atoms with Crippen molar-refractivity contribution in [2.75, 3.05) is 0 Å². The van der Waals surface area contributed by atoms with E-state index >= 15 is 0 Å². The van der Waals surface area contributed by atoms with Crippen LogP contribution in [-0.4, -0.2) is 12.6 Å². The third kappa shape index (κ3) is 2.77. The zero-order valence-corrected chi connectivity index (χ0v) is 8.61. The molecule has 0 atom stereocenters. The maximum Gasteiger partial charge on any atom is 1.00 e. The van der Waals surface area contributed by atoms with E-state index in [0.29, 0.717) is 12.6 Å². The summed E-state index contributed by atoms with van der Waals surface area (Å²) in [5.74, 6) is -0.322. The fourth-order valence-corrected chi connectivity index (χ4v) is 0.782. The second kappa shape index (κ2) is 5.09. The quantitative estimate of drug-likeness (QED) is 0.363. The molecule has 0 saturated carbocycles. The molecule has 4 heteroatoms. The van der Waals surface area contributed by atoms with Gasteiger partial charge in [-0.25, -0.2) is 0 Å². The topological polar surface area (TPSA) is 57.2 Å². The molecule has 0 radical (unpaired) electrons. The summed E-state index contributed by atoms with van der Waals surface area (Å²) in [7, 11) is 0. The molecule has 0 aliphatic carbocycles. The summed E-state index contributed by atoms with van der Waals surface area (Å²) < 4.78 is 0. The standard InChI is InChI=1S/C8H6O3.Na/c9-4-6-1-7(5-10)3-8(11)2-6;/h1-5,11H;/q;+1/p-1. The molecule has 0 saturated heterocycles. The number of hydrogen-bond donors (Lipinski definition) is 0. The van der Waals surface area contributed by atoms with E-state index in [1.165, 1.54) is 18.2 Å². The van der Waals surface area contributed by atoms with Crippen molar-refractivity contribution in [2.45, 2.75) is 0 Å². The van der Waals surface area contributed by atoms with Gasteiger partial charge < -0.3 is 5.11 Å². The summed E-state index contributed by atoms with van der Waals surface area (Å²) in [6.07, 6.45) is 1.07. The van der Waals surface area contributed by atoms with Crippen LogP contribution in [-0.2, 0) is 0 Å². The van der Waals surface area contributed by atoms with Gasteiger partial charge in [0.05, 0.1) is 0 Å². The first-order valence-corrected chi connectivity index (χ1v) is 2.98. The Labute approximate surface area is 91.7 Å². The first-order chi connectivity index (χ1) is 5.26. The molecule has 1 rings (SSSR count). The van der Waals surface area contributed by atoms with Crippen LogP contribution in [0.2, 0.25) is 0 Å². The summed E-state index contributed by atoms with van der Waals surface area (Å²) >= 11 is 0. The fraction of sp³-hybridized carbons (Fsp3) is 0. The molecule has 0 amide bonds. The SMILES string of the molecule is O=Cc1cc([O-])cc(C=O)c1.[Na+]. The number of benzene rings is 1. The number of carbonyl (C=O) groups is 2. The van der Waals surface area contributed by atoms with E-state index in [1.54, 1.807) is 0 Å². The van der Waals surface area contributed by atoms with E-state index in [4.69, 9.17) is 0 Å². The van der Waals surface area contributed by atoms with E-state index in [2.05, 4.69) is 0 Å². The van der Waals surface area contributed by atoms with Crippen LogP contribution in [0, 0.1) is 0 Å². The van der Waals surface area contributed by atoms with Gasteiger partial charge >= 0.3 is 29.6 Å². The molecule has 0 spiro atoms. The Bertz CT molecular complexity index is 270. The minimum atomic E-state index is -0.322. The van der Waals surface area contributed by atoms with Crippen molar-refractivity contribution >= 4 is 12.6 Å². The van der Waals surface area contributed by atoms with Crippen molar-refractivity contribution < 1.29 is 44.3 Å². The van der Waals surface area contributed by atoms with Crippen LogP contribution in [0.5, 0.6) is 5.75 Å². The number of carbonyl (C=O) groups excluding carboxylic acids is 2. The summed E-state index contributed by atoms with van der Waals surface area (Å²) in [6, 6.07) is 3.72. The molecule has 0 bridgehead atoms. The summed E-state index contributed by atoms with van der Waals surface area (Å²) in [4.78, 5) is 20.3. The largest absolute Gasteiger partial charge is 1.00 e. The fourth-order valence-electron chi connectivity index (χ4n) is 0.782. The molecule has 0 heterocycles. The Balaban J connectivity index is 0.00000121. The molecule has 1 aromatic rings. The molecule has 0 aliphatic heterocycles. The number of hydrogen-bond acceptors (Lipinski definition) is 3. The molecule has 1 aromatic carbocycles. The first kappa shape index (κ1) is 11.4. The third-order valence-electron chi connectivity index (χ3n) is 1.22. The average molecular weight is 172 g/mol. The van der Waals surface area contributed by atoms with Crippen molar-refractivity contribution in [3.63, 3.8) is 0 Å². The summed E-state index contributed by atoms with van der Waals surface area (Å²) in [6.45, 7) is 0. The van der Waals surface area contributed by atoms with Crippen LogP contribution in [0.1, 0.15) is 20.7 Å². The predicted octanol–water partition coefficient (Wildman–Crippen LogP) is -2.61. The maximum atomic E-state index is 10.7. The van der Waals surface area contributed by atoms with Crippen LogP contribution in [0.25, 0.3) is 0 Å². The van der Waals surface area contributed by atoms with Crippen molar-refractivity contribution in [3.05, 3.63) is 29.3 Å². The van der Waals surface area contributed by atoms with Gasteiger partial charge in [0, 0.05) is 11.1 Å². The van der Waals surface area contributed by atoms with Crippen LogP contribution in [0.3, 0.4) is 0 Å². The monoisotopic (exact) mass is 172 g/mol. The molecule has 56 valence electrons. The van der Waals surface area contributed by atoms with Gasteiger partial charge in [0.2, 0.25) is 0 Å².